The van der Waals surface area contributed by atoms with Crippen LogP contribution in [0.2, 0.25) is 0 Å². The number of nitriles is 1. The molecule has 0 aliphatic heterocycles. The maximum Gasteiger partial charge on any atom is 0.343 e. The van der Waals surface area contributed by atoms with Crippen LogP contribution in [-0.2, 0) is 14.3 Å². The van der Waals surface area contributed by atoms with Gasteiger partial charge in [0.1, 0.15) is 17.4 Å². The Bertz CT molecular complexity index is 945. The zero-order valence-electron chi connectivity index (χ0n) is 16.2. The number of nitrogens with one attached hydrogen (secondary N) is 1. The van der Waals surface area contributed by atoms with Gasteiger partial charge in [-0.3, -0.25) is 4.79 Å². The molecule has 0 aliphatic rings. The van der Waals surface area contributed by atoms with Crippen LogP contribution in [0.25, 0.3) is 6.08 Å². The number of anilines is 1. The summed E-state index contributed by atoms with van der Waals surface area (Å²) >= 11 is 0. The molecule has 1 amide bonds. The van der Waals surface area contributed by atoms with E-state index in [0.29, 0.717) is 28.5 Å². The number of nitrogens with zero attached hydrogens (tertiary/aromatic N) is 1. The Kier molecular flexibility index (Phi) is 7.62. The van der Waals surface area contributed by atoms with Gasteiger partial charge in [0.15, 0.2) is 18.1 Å². The lowest BCUT2D eigenvalue weighted by atomic mass is 10.1. The minimum Gasteiger partial charge on any atom is -0.497 e. The summed E-state index contributed by atoms with van der Waals surface area (Å²) in [4.78, 5) is 23.6. The number of ether oxygens (including phenoxy) is 4. The van der Waals surface area contributed by atoms with E-state index in [9.17, 15) is 14.9 Å². The molecule has 0 heterocycles. The largest absolute Gasteiger partial charge is 0.497 e. The van der Waals surface area contributed by atoms with E-state index < -0.39 is 11.9 Å². The van der Waals surface area contributed by atoms with Crippen molar-refractivity contribution >= 4 is 23.6 Å². The number of hydrogen-bond acceptors (Lipinski definition) is 7. The molecule has 0 radical (unpaired) electrons. The quantitative estimate of drug-likeness (QED) is 0.415. The van der Waals surface area contributed by atoms with Crippen LogP contribution in [0.3, 0.4) is 0 Å². The van der Waals surface area contributed by atoms with Crippen molar-refractivity contribution in [2.75, 3.05) is 33.3 Å². The van der Waals surface area contributed by atoms with Gasteiger partial charge in [-0.25, -0.2) is 4.79 Å². The van der Waals surface area contributed by atoms with Crippen molar-refractivity contribution in [2.24, 2.45) is 0 Å². The third-order valence-corrected chi connectivity index (χ3v) is 3.78. The maximum absolute atomic E-state index is 12.4. The Balaban J connectivity index is 2.17. The van der Waals surface area contributed by atoms with Crippen LogP contribution in [0.4, 0.5) is 5.69 Å². The molecule has 0 unspecified atom stereocenters. The van der Waals surface area contributed by atoms with Gasteiger partial charge in [0, 0.05) is 5.69 Å². The Morgan fingerprint density at radius 1 is 1.03 bits per heavy atom. The Morgan fingerprint density at radius 2 is 1.76 bits per heavy atom. The number of hydrogen-bond donors (Lipinski definition) is 1. The van der Waals surface area contributed by atoms with E-state index in [1.165, 1.54) is 20.3 Å². The van der Waals surface area contributed by atoms with Gasteiger partial charge in [-0.05, 0) is 48.0 Å². The molecule has 1 N–H and O–H groups in total. The van der Waals surface area contributed by atoms with Crippen molar-refractivity contribution in [3.05, 3.63) is 53.6 Å². The zero-order chi connectivity index (χ0) is 21.2. The van der Waals surface area contributed by atoms with Crippen LogP contribution in [0, 0.1) is 11.3 Å². The molecule has 0 saturated heterocycles. The molecule has 2 aromatic rings. The fourth-order valence-corrected chi connectivity index (χ4v) is 2.28. The molecule has 2 rings (SSSR count). The fourth-order valence-electron chi connectivity index (χ4n) is 2.28. The summed E-state index contributed by atoms with van der Waals surface area (Å²) in [7, 11) is 4.25. The highest BCUT2D eigenvalue weighted by Crippen LogP contribution is 2.29. The standard InChI is InChI=1S/C21H20N2O6/c1-26-17-7-5-16(6-8-17)23-21(25)15(12-22)10-14-4-9-18(19(11-14)27-2)29-13-20(24)28-3/h4-11H,13H2,1-3H3,(H,23,25). The second kappa shape index (κ2) is 10.4. The third kappa shape index (κ3) is 6.01. The summed E-state index contributed by atoms with van der Waals surface area (Å²) in [5.41, 5.74) is 0.987. The van der Waals surface area contributed by atoms with Gasteiger partial charge in [0.25, 0.3) is 5.91 Å². The zero-order valence-corrected chi connectivity index (χ0v) is 16.2. The first-order valence-corrected chi connectivity index (χ1v) is 8.45. The van der Waals surface area contributed by atoms with Gasteiger partial charge in [0.2, 0.25) is 0 Å². The molecular weight excluding hydrogens is 376 g/mol. The monoisotopic (exact) mass is 396 g/mol. The summed E-state index contributed by atoms with van der Waals surface area (Å²) in [6.07, 6.45) is 1.42. The number of carbonyl (C=O) groups excluding carboxylic acids is 2. The van der Waals surface area contributed by atoms with Crippen molar-refractivity contribution in [1.82, 2.24) is 0 Å². The van der Waals surface area contributed by atoms with Crippen LogP contribution in [0.1, 0.15) is 5.56 Å². The Labute approximate surface area is 168 Å². The normalized spacial score (nSPS) is 10.5. The molecule has 0 atom stereocenters. The molecule has 0 saturated carbocycles. The van der Waals surface area contributed by atoms with E-state index in [-0.39, 0.29) is 12.2 Å². The number of methoxy groups -OCH3 is 3. The van der Waals surface area contributed by atoms with E-state index in [1.54, 1.807) is 49.6 Å². The first kappa shape index (κ1) is 21.3. The van der Waals surface area contributed by atoms with Crippen LogP contribution in [-0.4, -0.2) is 39.8 Å². The van der Waals surface area contributed by atoms with Crippen LogP contribution in [0.15, 0.2) is 48.0 Å². The summed E-state index contributed by atoms with van der Waals surface area (Å²) in [5.74, 6) is 0.244. The van der Waals surface area contributed by atoms with Crippen molar-refractivity contribution in [3.8, 4) is 23.3 Å². The minimum absolute atomic E-state index is 0.0916. The fraction of sp³-hybridized carbons (Fsp3) is 0.190. The summed E-state index contributed by atoms with van der Waals surface area (Å²) in [5, 5.41) is 12.0. The van der Waals surface area contributed by atoms with Crippen molar-refractivity contribution < 1.29 is 28.5 Å². The topological polar surface area (TPSA) is 107 Å². The van der Waals surface area contributed by atoms with Crippen LogP contribution >= 0.6 is 0 Å². The van der Waals surface area contributed by atoms with Crippen LogP contribution in [0.5, 0.6) is 17.2 Å². The lowest BCUT2D eigenvalue weighted by Gasteiger charge is -2.10. The highest BCUT2D eigenvalue weighted by molar-refractivity contribution is 6.09. The van der Waals surface area contributed by atoms with Crippen molar-refractivity contribution in [3.63, 3.8) is 0 Å². The van der Waals surface area contributed by atoms with Gasteiger partial charge in [-0.15, -0.1) is 0 Å². The molecular formula is C21H20N2O6. The highest BCUT2D eigenvalue weighted by atomic mass is 16.6. The lowest BCUT2D eigenvalue weighted by molar-refractivity contribution is -0.142. The molecule has 8 heteroatoms. The smallest absolute Gasteiger partial charge is 0.343 e. The van der Waals surface area contributed by atoms with Gasteiger partial charge in [0.05, 0.1) is 21.3 Å². The molecule has 0 fully saturated rings. The molecule has 0 bridgehead atoms. The molecule has 150 valence electrons. The van der Waals surface area contributed by atoms with Crippen LogP contribution < -0.4 is 19.5 Å². The average molecular weight is 396 g/mol. The SMILES string of the molecule is COC(=O)COc1ccc(C=C(C#N)C(=O)Nc2ccc(OC)cc2)cc1OC. The minimum atomic E-state index is -0.553. The third-order valence-electron chi connectivity index (χ3n) is 3.78. The molecule has 0 spiro atoms. The number of rotatable bonds is 8. The van der Waals surface area contributed by atoms with Gasteiger partial charge in [-0.1, -0.05) is 6.07 Å². The first-order chi connectivity index (χ1) is 14.0. The Morgan fingerprint density at radius 3 is 2.34 bits per heavy atom. The summed E-state index contributed by atoms with van der Waals surface area (Å²) in [6.45, 7) is -0.268. The van der Waals surface area contributed by atoms with Crippen molar-refractivity contribution in [2.45, 2.75) is 0 Å². The van der Waals surface area contributed by atoms with E-state index in [0.717, 1.165) is 0 Å². The predicted molar refractivity (Wildman–Crippen MR) is 106 cm³/mol. The van der Waals surface area contributed by atoms with Gasteiger partial charge >= 0.3 is 5.97 Å². The number of amides is 1. The summed E-state index contributed by atoms with van der Waals surface area (Å²) < 4.78 is 20.2. The number of esters is 1. The molecule has 0 aliphatic carbocycles. The highest BCUT2D eigenvalue weighted by Gasteiger charge is 2.12. The van der Waals surface area contributed by atoms with Crippen molar-refractivity contribution in [1.29, 1.82) is 5.26 Å². The predicted octanol–water partition coefficient (Wildman–Crippen LogP) is 2.80. The average Bonchev–Trinajstić information content (AvgIpc) is 2.76. The molecule has 0 aromatic heterocycles. The second-order valence-electron chi connectivity index (χ2n) is 5.63. The molecule has 8 nitrogen and oxygen atoms in total. The second-order valence-corrected chi connectivity index (χ2v) is 5.63. The number of benzene rings is 2. The van der Waals surface area contributed by atoms with E-state index in [1.807, 2.05) is 6.07 Å². The van der Waals surface area contributed by atoms with E-state index in [2.05, 4.69) is 10.1 Å². The van der Waals surface area contributed by atoms with Gasteiger partial charge < -0.3 is 24.3 Å². The first-order valence-electron chi connectivity index (χ1n) is 8.45. The molecule has 2 aromatic carbocycles. The Hall–Kier alpha value is -3.99. The van der Waals surface area contributed by atoms with E-state index in [4.69, 9.17) is 14.2 Å². The van der Waals surface area contributed by atoms with Gasteiger partial charge in [-0.2, -0.15) is 5.26 Å². The number of carbonyl (C=O) groups is 2. The lowest BCUT2D eigenvalue weighted by Crippen LogP contribution is -2.13. The van der Waals surface area contributed by atoms with E-state index >= 15 is 0 Å². The summed E-state index contributed by atoms with van der Waals surface area (Å²) in [6, 6.07) is 13.4. The molecule has 29 heavy (non-hydrogen) atoms. The maximum atomic E-state index is 12.4.